The number of imidazole rings is 1. The maximum atomic E-state index is 4.81. The van der Waals surface area contributed by atoms with Crippen LogP contribution in [0.4, 0.5) is 5.82 Å². The third-order valence-corrected chi connectivity index (χ3v) is 4.24. The largest absolute Gasteiger partial charge is 0.355 e. The topological polar surface area (TPSA) is 33.4 Å². The van der Waals surface area contributed by atoms with Crippen molar-refractivity contribution >= 4 is 11.5 Å². The number of nitrogens with zero attached hydrogens (tertiary/aromatic N) is 4. The maximum Gasteiger partial charge on any atom is 0.157 e. The van der Waals surface area contributed by atoms with Crippen LogP contribution >= 0.6 is 0 Å². The van der Waals surface area contributed by atoms with Gasteiger partial charge in [0.2, 0.25) is 0 Å². The minimum absolute atomic E-state index is 1.08. The summed E-state index contributed by atoms with van der Waals surface area (Å²) in [6.45, 7) is 2.33. The SMILES string of the molecule is c1cn2nc(N3CCCC3)c3c(c2n1)CCCC3. The van der Waals surface area contributed by atoms with Gasteiger partial charge in [-0.15, -0.1) is 5.10 Å². The summed E-state index contributed by atoms with van der Waals surface area (Å²) in [6, 6.07) is 0. The van der Waals surface area contributed by atoms with Gasteiger partial charge in [-0.2, -0.15) is 0 Å². The first-order valence-electron chi connectivity index (χ1n) is 7.03. The number of rotatable bonds is 1. The second-order valence-electron chi connectivity index (χ2n) is 5.38. The Morgan fingerprint density at radius 1 is 0.944 bits per heavy atom. The maximum absolute atomic E-state index is 4.81. The lowest BCUT2D eigenvalue weighted by Crippen LogP contribution is -2.24. The van der Waals surface area contributed by atoms with Crippen molar-refractivity contribution in [3.8, 4) is 0 Å². The van der Waals surface area contributed by atoms with Crippen LogP contribution in [-0.4, -0.2) is 27.7 Å². The summed E-state index contributed by atoms with van der Waals surface area (Å²) in [5, 5.41) is 4.81. The van der Waals surface area contributed by atoms with Gasteiger partial charge in [-0.1, -0.05) is 0 Å². The van der Waals surface area contributed by atoms with Crippen LogP contribution in [-0.2, 0) is 12.8 Å². The van der Waals surface area contributed by atoms with Crippen LogP contribution in [0.25, 0.3) is 5.65 Å². The van der Waals surface area contributed by atoms with E-state index in [9.17, 15) is 0 Å². The first kappa shape index (κ1) is 10.4. The highest BCUT2D eigenvalue weighted by atomic mass is 15.3. The highest BCUT2D eigenvalue weighted by Crippen LogP contribution is 2.32. The van der Waals surface area contributed by atoms with Crippen LogP contribution in [0, 0.1) is 0 Å². The lowest BCUT2D eigenvalue weighted by atomic mass is 9.93. The zero-order valence-corrected chi connectivity index (χ0v) is 10.6. The van der Waals surface area contributed by atoms with Crippen LogP contribution < -0.4 is 4.90 Å². The number of aryl methyl sites for hydroxylation is 1. The van der Waals surface area contributed by atoms with E-state index in [1.807, 2.05) is 16.9 Å². The zero-order chi connectivity index (χ0) is 11.9. The summed E-state index contributed by atoms with van der Waals surface area (Å²) < 4.78 is 1.97. The van der Waals surface area contributed by atoms with Crippen molar-refractivity contribution in [2.75, 3.05) is 18.0 Å². The molecule has 2 aliphatic rings. The van der Waals surface area contributed by atoms with Gasteiger partial charge in [0, 0.05) is 36.6 Å². The molecule has 4 rings (SSSR count). The Kier molecular flexibility index (Phi) is 2.28. The molecule has 0 N–H and O–H groups in total. The molecule has 1 saturated heterocycles. The normalized spacial score (nSPS) is 19.4. The zero-order valence-electron chi connectivity index (χ0n) is 10.6. The minimum Gasteiger partial charge on any atom is -0.355 e. The molecule has 4 heteroatoms. The molecule has 0 aromatic carbocycles. The lowest BCUT2D eigenvalue weighted by molar-refractivity contribution is 0.670. The summed E-state index contributed by atoms with van der Waals surface area (Å²) in [7, 11) is 0. The second kappa shape index (κ2) is 3.97. The van der Waals surface area contributed by atoms with Gasteiger partial charge < -0.3 is 4.90 Å². The van der Waals surface area contributed by atoms with Crippen molar-refractivity contribution in [3.63, 3.8) is 0 Å². The van der Waals surface area contributed by atoms with E-state index in [-0.39, 0.29) is 0 Å². The summed E-state index contributed by atoms with van der Waals surface area (Å²) in [5.41, 5.74) is 4.00. The first-order chi connectivity index (χ1) is 8.93. The highest BCUT2D eigenvalue weighted by Gasteiger charge is 2.24. The summed E-state index contributed by atoms with van der Waals surface area (Å²) in [6.07, 6.45) is 11.4. The number of anilines is 1. The summed E-state index contributed by atoms with van der Waals surface area (Å²) >= 11 is 0. The van der Waals surface area contributed by atoms with E-state index in [1.54, 1.807) is 0 Å². The fraction of sp³-hybridized carbons (Fsp3) is 0.571. The predicted octanol–water partition coefficient (Wildman–Crippen LogP) is 2.21. The Bertz CT molecular complexity index is 581. The van der Waals surface area contributed by atoms with Crippen LogP contribution in [0.15, 0.2) is 12.4 Å². The Hall–Kier alpha value is -1.58. The predicted molar refractivity (Wildman–Crippen MR) is 71.1 cm³/mol. The molecule has 2 aromatic heterocycles. The number of hydrogen-bond donors (Lipinski definition) is 0. The molecule has 0 unspecified atom stereocenters. The van der Waals surface area contributed by atoms with Crippen molar-refractivity contribution in [1.29, 1.82) is 0 Å². The minimum atomic E-state index is 1.08. The fourth-order valence-electron chi connectivity index (χ4n) is 3.34. The standard InChI is InChI=1S/C14H18N4/c1-2-6-12-11(5-1)13-15-7-10-18(13)16-14(12)17-8-3-4-9-17/h7,10H,1-6,8-9H2. The molecular formula is C14H18N4. The Labute approximate surface area is 107 Å². The van der Waals surface area contributed by atoms with E-state index in [1.165, 1.54) is 68.6 Å². The first-order valence-corrected chi connectivity index (χ1v) is 7.03. The quantitative estimate of drug-likeness (QED) is 0.768. The van der Waals surface area contributed by atoms with Gasteiger partial charge >= 0.3 is 0 Å². The second-order valence-corrected chi connectivity index (χ2v) is 5.38. The van der Waals surface area contributed by atoms with Crippen molar-refractivity contribution < 1.29 is 0 Å². The third-order valence-electron chi connectivity index (χ3n) is 4.24. The Morgan fingerprint density at radius 2 is 1.72 bits per heavy atom. The van der Waals surface area contributed by atoms with Gasteiger partial charge in [0.1, 0.15) is 0 Å². The Balaban J connectivity index is 1.94. The number of fused-ring (bicyclic) bond motifs is 3. The molecule has 2 aromatic rings. The molecular weight excluding hydrogens is 224 g/mol. The van der Waals surface area contributed by atoms with Crippen LogP contribution in [0.3, 0.4) is 0 Å². The molecule has 0 bridgehead atoms. The van der Waals surface area contributed by atoms with E-state index in [0.717, 1.165) is 5.65 Å². The molecule has 0 atom stereocenters. The fourth-order valence-corrected chi connectivity index (χ4v) is 3.34. The van der Waals surface area contributed by atoms with Gasteiger partial charge in [-0.25, -0.2) is 9.50 Å². The van der Waals surface area contributed by atoms with Crippen LogP contribution in [0.2, 0.25) is 0 Å². The van der Waals surface area contributed by atoms with Gasteiger partial charge in [0.05, 0.1) is 0 Å². The molecule has 0 saturated carbocycles. The average Bonchev–Trinajstić information content (AvgIpc) is 3.09. The molecule has 94 valence electrons. The molecule has 3 heterocycles. The van der Waals surface area contributed by atoms with E-state index < -0.39 is 0 Å². The molecule has 0 radical (unpaired) electrons. The van der Waals surface area contributed by atoms with Gasteiger partial charge in [0.25, 0.3) is 0 Å². The molecule has 18 heavy (non-hydrogen) atoms. The molecule has 0 amide bonds. The van der Waals surface area contributed by atoms with Gasteiger partial charge in [-0.05, 0) is 38.5 Å². The van der Waals surface area contributed by atoms with E-state index in [0.29, 0.717) is 0 Å². The summed E-state index contributed by atoms with van der Waals surface area (Å²) in [4.78, 5) is 6.94. The molecule has 1 aliphatic carbocycles. The summed E-state index contributed by atoms with van der Waals surface area (Å²) in [5.74, 6) is 1.23. The van der Waals surface area contributed by atoms with Crippen LogP contribution in [0.5, 0.6) is 0 Å². The number of hydrogen-bond acceptors (Lipinski definition) is 3. The molecule has 4 nitrogen and oxygen atoms in total. The van der Waals surface area contributed by atoms with Crippen molar-refractivity contribution in [2.24, 2.45) is 0 Å². The van der Waals surface area contributed by atoms with Crippen molar-refractivity contribution in [1.82, 2.24) is 14.6 Å². The monoisotopic (exact) mass is 242 g/mol. The van der Waals surface area contributed by atoms with E-state index in [4.69, 9.17) is 5.10 Å². The van der Waals surface area contributed by atoms with E-state index in [2.05, 4.69) is 9.88 Å². The number of aromatic nitrogens is 3. The average molecular weight is 242 g/mol. The lowest BCUT2D eigenvalue weighted by Gasteiger charge is -2.25. The highest BCUT2D eigenvalue weighted by molar-refractivity contribution is 5.61. The van der Waals surface area contributed by atoms with Gasteiger partial charge in [-0.3, -0.25) is 0 Å². The smallest absolute Gasteiger partial charge is 0.157 e. The third kappa shape index (κ3) is 1.44. The van der Waals surface area contributed by atoms with Crippen molar-refractivity contribution in [3.05, 3.63) is 23.5 Å². The Morgan fingerprint density at radius 3 is 2.56 bits per heavy atom. The van der Waals surface area contributed by atoms with Crippen LogP contribution in [0.1, 0.15) is 36.8 Å². The molecule has 0 spiro atoms. The molecule has 1 fully saturated rings. The van der Waals surface area contributed by atoms with Crippen molar-refractivity contribution in [2.45, 2.75) is 38.5 Å². The van der Waals surface area contributed by atoms with E-state index >= 15 is 0 Å². The van der Waals surface area contributed by atoms with Gasteiger partial charge in [0.15, 0.2) is 11.5 Å². The molecule has 1 aliphatic heterocycles.